The number of halogens is 1. The van der Waals surface area contributed by atoms with Crippen LogP contribution in [0.5, 0.6) is 0 Å². The minimum Gasteiger partial charge on any atom is -0.354 e. The molecule has 0 radical (unpaired) electrons. The van der Waals surface area contributed by atoms with E-state index in [-0.39, 0.29) is 11.7 Å². The van der Waals surface area contributed by atoms with Gasteiger partial charge in [0.05, 0.1) is 11.9 Å². The van der Waals surface area contributed by atoms with Crippen LogP contribution >= 0.6 is 0 Å². The lowest BCUT2D eigenvalue weighted by molar-refractivity contribution is 0.0946. The predicted molar refractivity (Wildman–Crippen MR) is 96.3 cm³/mol. The number of aryl methyl sites for hydroxylation is 1. The number of anilines is 2. The molecule has 2 aromatic carbocycles. The number of nitrogens with zero attached hydrogens (tertiary/aromatic N) is 1. The molecular formula is C20H18FN3O. The molecule has 0 atom stereocenters. The van der Waals surface area contributed by atoms with Crippen LogP contribution in [0.15, 0.2) is 66.9 Å². The van der Waals surface area contributed by atoms with Crippen LogP contribution < -0.4 is 10.6 Å². The Bertz CT molecular complexity index is 861. The zero-order valence-corrected chi connectivity index (χ0v) is 13.8. The van der Waals surface area contributed by atoms with Gasteiger partial charge >= 0.3 is 0 Å². The molecule has 2 N–H and O–H groups in total. The van der Waals surface area contributed by atoms with Crippen LogP contribution in [-0.2, 0) is 6.54 Å². The van der Waals surface area contributed by atoms with Gasteiger partial charge in [0, 0.05) is 12.2 Å². The van der Waals surface area contributed by atoms with Crippen LogP contribution in [0.4, 0.5) is 15.8 Å². The van der Waals surface area contributed by atoms with E-state index in [1.807, 2.05) is 31.2 Å². The van der Waals surface area contributed by atoms with E-state index in [0.717, 1.165) is 5.56 Å². The lowest BCUT2D eigenvalue weighted by atomic mass is 10.1. The summed E-state index contributed by atoms with van der Waals surface area (Å²) < 4.78 is 13.2. The summed E-state index contributed by atoms with van der Waals surface area (Å²) in [4.78, 5) is 16.3. The number of hydrogen-bond donors (Lipinski definition) is 2. The second kappa shape index (κ2) is 7.57. The first-order chi connectivity index (χ1) is 12.1. The number of nitrogens with one attached hydrogen (secondary N) is 2. The number of hydrogen-bond acceptors (Lipinski definition) is 3. The van der Waals surface area contributed by atoms with E-state index in [9.17, 15) is 9.18 Å². The third-order valence-corrected chi connectivity index (χ3v) is 3.68. The Kier molecular flexibility index (Phi) is 5.04. The quantitative estimate of drug-likeness (QED) is 0.735. The molecule has 5 heteroatoms. The topological polar surface area (TPSA) is 54.0 Å². The van der Waals surface area contributed by atoms with Crippen molar-refractivity contribution in [2.75, 3.05) is 5.32 Å². The zero-order chi connectivity index (χ0) is 17.6. The molecule has 3 aromatic rings. The minimum absolute atomic E-state index is 0.238. The van der Waals surface area contributed by atoms with Crippen molar-refractivity contribution in [1.82, 2.24) is 10.3 Å². The summed E-state index contributed by atoms with van der Waals surface area (Å²) in [6, 6.07) is 17.5. The maximum absolute atomic E-state index is 13.2. The van der Waals surface area contributed by atoms with Gasteiger partial charge in [-0.2, -0.15) is 0 Å². The van der Waals surface area contributed by atoms with Crippen molar-refractivity contribution in [2.24, 2.45) is 0 Å². The van der Waals surface area contributed by atoms with Crippen LogP contribution in [-0.4, -0.2) is 10.9 Å². The average Bonchev–Trinajstić information content (AvgIpc) is 2.62. The zero-order valence-electron chi connectivity index (χ0n) is 13.8. The normalized spacial score (nSPS) is 10.3. The number of carbonyl (C=O) groups excluding carboxylic acids is 1. The van der Waals surface area contributed by atoms with Crippen molar-refractivity contribution in [1.29, 1.82) is 0 Å². The number of aromatic nitrogens is 1. The summed E-state index contributed by atoms with van der Waals surface area (Å²) in [7, 11) is 0. The molecule has 3 rings (SSSR count). The second-order valence-corrected chi connectivity index (χ2v) is 5.74. The Balaban J connectivity index is 1.59. The van der Waals surface area contributed by atoms with Crippen molar-refractivity contribution in [3.63, 3.8) is 0 Å². The highest BCUT2D eigenvalue weighted by Crippen LogP contribution is 2.16. The van der Waals surface area contributed by atoms with E-state index in [4.69, 9.17) is 0 Å². The summed E-state index contributed by atoms with van der Waals surface area (Å²) in [5.41, 5.74) is 3.84. The van der Waals surface area contributed by atoms with Crippen molar-refractivity contribution < 1.29 is 9.18 Å². The molecule has 1 amide bonds. The molecule has 0 aliphatic heterocycles. The second-order valence-electron chi connectivity index (χ2n) is 5.74. The number of carbonyl (C=O) groups is 1. The molecule has 126 valence electrons. The molecule has 1 aromatic heterocycles. The highest BCUT2D eigenvalue weighted by molar-refractivity contribution is 5.92. The van der Waals surface area contributed by atoms with E-state index in [0.29, 0.717) is 23.6 Å². The molecule has 4 nitrogen and oxygen atoms in total. The SMILES string of the molecule is Cc1ccc(CNC(=O)c2ccc(Nc3cccc(F)c3)cn2)cc1. The molecule has 1 heterocycles. The first-order valence-corrected chi connectivity index (χ1v) is 7.92. The number of pyridine rings is 1. The third kappa shape index (κ3) is 4.64. The van der Waals surface area contributed by atoms with Gasteiger partial charge in [0.2, 0.25) is 0 Å². The highest BCUT2D eigenvalue weighted by atomic mass is 19.1. The molecule has 0 saturated heterocycles. The fraction of sp³-hybridized carbons (Fsp3) is 0.100. The Labute approximate surface area is 145 Å². The van der Waals surface area contributed by atoms with Gasteiger partial charge < -0.3 is 10.6 Å². The van der Waals surface area contributed by atoms with Crippen LogP contribution in [0.3, 0.4) is 0 Å². The Morgan fingerprint density at radius 2 is 1.84 bits per heavy atom. The van der Waals surface area contributed by atoms with Gasteiger partial charge in [0.1, 0.15) is 11.5 Å². The first kappa shape index (κ1) is 16.6. The Morgan fingerprint density at radius 1 is 1.04 bits per heavy atom. The van der Waals surface area contributed by atoms with Gasteiger partial charge in [-0.1, -0.05) is 35.9 Å². The largest absolute Gasteiger partial charge is 0.354 e. The molecule has 25 heavy (non-hydrogen) atoms. The van der Waals surface area contributed by atoms with Crippen molar-refractivity contribution in [3.8, 4) is 0 Å². The summed E-state index contributed by atoms with van der Waals surface area (Å²) in [5.74, 6) is -0.553. The highest BCUT2D eigenvalue weighted by Gasteiger charge is 2.07. The molecule has 0 spiro atoms. The maximum Gasteiger partial charge on any atom is 0.270 e. The first-order valence-electron chi connectivity index (χ1n) is 7.92. The molecule has 0 aliphatic rings. The third-order valence-electron chi connectivity index (χ3n) is 3.68. The molecule has 0 saturated carbocycles. The fourth-order valence-electron chi connectivity index (χ4n) is 2.31. The Hall–Kier alpha value is -3.21. The van der Waals surface area contributed by atoms with Crippen molar-refractivity contribution >= 4 is 17.3 Å². The van der Waals surface area contributed by atoms with Crippen LogP contribution in [0.2, 0.25) is 0 Å². The number of rotatable bonds is 5. The smallest absolute Gasteiger partial charge is 0.270 e. The monoisotopic (exact) mass is 335 g/mol. The predicted octanol–water partition coefficient (Wildman–Crippen LogP) is 4.20. The van der Waals surface area contributed by atoms with Gasteiger partial charge in [-0.15, -0.1) is 0 Å². The van der Waals surface area contributed by atoms with E-state index >= 15 is 0 Å². The minimum atomic E-state index is -0.315. The summed E-state index contributed by atoms with van der Waals surface area (Å²) >= 11 is 0. The van der Waals surface area contributed by atoms with Gasteiger partial charge in [-0.25, -0.2) is 9.37 Å². The lowest BCUT2D eigenvalue weighted by Crippen LogP contribution is -2.23. The molecular weight excluding hydrogens is 317 g/mol. The van der Waals surface area contributed by atoms with E-state index in [1.165, 1.54) is 17.7 Å². The lowest BCUT2D eigenvalue weighted by Gasteiger charge is -2.08. The average molecular weight is 335 g/mol. The van der Waals surface area contributed by atoms with Crippen LogP contribution in [0.1, 0.15) is 21.6 Å². The van der Waals surface area contributed by atoms with Gasteiger partial charge in [0.25, 0.3) is 5.91 Å². The van der Waals surface area contributed by atoms with Gasteiger partial charge in [0.15, 0.2) is 0 Å². The summed E-state index contributed by atoms with van der Waals surface area (Å²) in [6.45, 7) is 2.47. The fourth-order valence-corrected chi connectivity index (χ4v) is 2.31. The molecule has 0 unspecified atom stereocenters. The maximum atomic E-state index is 13.2. The molecule has 0 fully saturated rings. The van der Waals surface area contributed by atoms with E-state index in [2.05, 4.69) is 15.6 Å². The van der Waals surface area contributed by atoms with Crippen molar-refractivity contribution in [2.45, 2.75) is 13.5 Å². The number of benzene rings is 2. The van der Waals surface area contributed by atoms with Gasteiger partial charge in [-0.3, -0.25) is 4.79 Å². The summed E-state index contributed by atoms with van der Waals surface area (Å²) in [5, 5.41) is 5.88. The Morgan fingerprint density at radius 3 is 2.52 bits per heavy atom. The van der Waals surface area contributed by atoms with Crippen LogP contribution in [0.25, 0.3) is 0 Å². The number of amides is 1. The van der Waals surface area contributed by atoms with Crippen LogP contribution in [0, 0.1) is 12.7 Å². The van der Waals surface area contributed by atoms with E-state index in [1.54, 1.807) is 30.5 Å². The van der Waals surface area contributed by atoms with Gasteiger partial charge in [-0.05, 0) is 42.8 Å². The van der Waals surface area contributed by atoms with E-state index < -0.39 is 0 Å². The summed E-state index contributed by atoms with van der Waals surface area (Å²) in [6.07, 6.45) is 1.55. The standard InChI is InChI=1S/C20H18FN3O/c1-14-5-7-15(8-6-14)12-23-20(25)19-10-9-18(13-22-19)24-17-4-2-3-16(21)11-17/h2-11,13,24H,12H2,1H3,(H,23,25). The van der Waals surface area contributed by atoms with Crippen molar-refractivity contribution in [3.05, 3.63) is 89.5 Å². The molecule has 0 bridgehead atoms. The molecule has 0 aliphatic carbocycles.